The van der Waals surface area contributed by atoms with Crippen molar-refractivity contribution in [3.63, 3.8) is 0 Å². The molecule has 0 amide bonds. The largest absolute Gasteiger partial charge is 0.370 e. The molecule has 1 aromatic heterocycles. The van der Waals surface area contributed by atoms with Crippen LogP contribution in [0, 0.1) is 12.8 Å². The number of pyridine rings is 1. The van der Waals surface area contributed by atoms with Crippen LogP contribution in [0.1, 0.15) is 24.8 Å². The Morgan fingerprint density at radius 3 is 3.00 bits per heavy atom. The fraction of sp³-hybridized carbons (Fsp3) is 0.583. The molecule has 1 aliphatic carbocycles. The quantitative estimate of drug-likeness (QED) is 0.855. The van der Waals surface area contributed by atoms with Gasteiger partial charge in [0.2, 0.25) is 0 Å². The Balaban J connectivity index is 1.91. The number of hydrogen-bond acceptors (Lipinski definition) is 2. The number of rotatable bonds is 3. The number of aryl methyl sites for hydroxylation is 1. The van der Waals surface area contributed by atoms with Crippen molar-refractivity contribution in [3.05, 3.63) is 22.3 Å². The van der Waals surface area contributed by atoms with Crippen molar-refractivity contribution in [1.82, 2.24) is 4.98 Å². The van der Waals surface area contributed by atoms with E-state index < -0.39 is 0 Å². The van der Waals surface area contributed by atoms with E-state index in [0.717, 1.165) is 23.3 Å². The van der Waals surface area contributed by atoms with Crippen molar-refractivity contribution in [1.29, 1.82) is 0 Å². The number of aromatic nitrogens is 1. The highest BCUT2D eigenvalue weighted by atomic mass is 79.9. The van der Waals surface area contributed by atoms with Gasteiger partial charge in [0.15, 0.2) is 0 Å². The molecular formula is C12H16BrClN2. The summed E-state index contributed by atoms with van der Waals surface area (Å²) in [5, 5.41) is 3.71. The van der Waals surface area contributed by atoms with Crippen LogP contribution in [-0.4, -0.2) is 16.9 Å². The van der Waals surface area contributed by atoms with E-state index in [2.05, 4.69) is 39.2 Å². The molecule has 1 N–H and O–H groups in total. The third-order valence-corrected chi connectivity index (χ3v) is 4.56. The van der Waals surface area contributed by atoms with E-state index in [0.29, 0.717) is 11.3 Å². The lowest BCUT2D eigenvalue weighted by Crippen LogP contribution is -2.18. The molecule has 0 saturated heterocycles. The first-order chi connectivity index (χ1) is 7.66. The van der Waals surface area contributed by atoms with Crippen LogP contribution < -0.4 is 5.32 Å². The predicted molar refractivity (Wildman–Crippen MR) is 72.1 cm³/mol. The Labute approximate surface area is 110 Å². The summed E-state index contributed by atoms with van der Waals surface area (Å²) in [5.41, 5.74) is 1.20. The van der Waals surface area contributed by atoms with Gasteiger partial charge in [-0.3, -0.25) is 0 Å². The highest BCUT2D eigenvalue weighted by Gasteiger charge is 2.24. The second-order valence-electron chi connectivity index (χ2n) is 4.41. The zero-order valence-corrected chi connectivity index (χ0v) is 11.7. The SMILES string of the molecule is Cc1cc(NCC2CCCC2Cl)ncc1Br. The molecule has 0 radical (unpaired) electrons. The Morgan fingerprint density at radius 2 is 2.38 bits per heavy atom. The predicted octanol–water partition coefficient (Wildman–Crippen LogP) is 3.97. The van der Waals surface area contributed by atoms with E-state index in [1.807, 2.05) is 6.20 Å². The summed E-state index contributed by atoms with van der Waals surface area (Å²) in [7, 11) is 0. The average Bonchev–Trinajstić information content (AvgIpc) is 2.66. The molecular weight excluding hydrogens is 288 g/mol. The highest BCUT2D eigenvalue weighted by molar-refractivity contribution is 9.10. The maximum absolute atomic E-state index is 6.23. The van der Waals surface area contributed by atoms with E-state index in [1.54, 1.807) is 0 Å². The first-order valence-corrected chi connectivity index (χ1v) is 6.90. The maximum atomic E-state index is 6.23. The molecule has 4 heteroatoms. The van der Waals surface area contributed by atoms with Gasteiger partial charge in [-0.05, 0) is 53.2 Å². The molecule has 1 aliphatic rings. The second kappa shape index (κ2) is 5.37. The van der Waals surface area contributed by atoms with Crippen LogP contribution in [-0.2, 0) is 0 Å². The molecule has 1 saturated carbocycles. The van der Waals surface area contributed by atoms with Gasteiger partial charge in [-0.1, -0.05) is 6.42 Å². The van der Waals surface area contributed by atoms with Crippen LogP contribution in [0.15, 0.2) is 16.7 Å². The maximum Gasteiger partial charge on any atom is 0.126 e. The first kappa shape index (κ1) is 12.2. The molecule has 0 aliphatic heterocycles. The summed E-state index contributed by atoms with van der Waals surface area (Å²) in [6.45, 7) is 3.00. The van der Waals surface area contributed by atoms with E-state index in [-0.39, 0.29) is 0 Å². The normalized spacial score (nSPS) is 24.7. The van der Waals surface area contributed by atoms with Crippen molar-refractivity contribution in [3.8, 4) is 0 Å². The van der Waals surface area contributed by atoms with E-state index in [9.17, 15) is 0 Å². The van der Waals surface area contributed by atoms with Crippen molar-refractivity contribution in [2.24, 2.45) is 5.92 Å². The fourth-order valence-electron chi connectivity index (χ4n) is 2.09. The van der Waals surface area contributed by atoms with Crippen LogP contribution in [0.25, 0.3) is 0 Å². The summed E-state index contributed by atoms with van der Waals surface area (Å²) >= 11 is 9.68. The van der Waals surface area contributed by atoms with Gasteiger partial charge in [-0.15, -0.1) is 11.6 Å². The minimum absolute atomic E-state index is 0.337. The van der Waals surface area contributed by atoms with E-state index >= 15 is 0 Å². The molecule has 1 heterocycles. The van der Waals surface area contributed by atoms with E-state index in [4.69, 9.17) is 11.6 Å². The molecule has 2 unspecified atom stereocenters. The summed E-state index contributed by atoms with van der Waals surface area (Å²) in [6.07, 6.45) is 5.48. The molecule has 0 aromatic carbocycles. The van der Waals surface area contributed by atoms with Gasteiger partial charge >= 0.3 is 0 Å². The lowest BCUT2D eigenvalue weighted by Gasteiger charge is -2.15. The fourth-order valence-corrected chi connectivity index (χ4v) is 2.68. The van der Waals surface area contributed by atoms with Gasteiger partial charge < -0.3 is 5.32 Å². The molecule has 88 valence electrons. The zero-order valence-electron chi connectivity index (χ0n) is 9.34. The molecule has 0 spiro atoms. The molecule has 2 atom stereocenters. The molecule has 0 bridgehead atoms. The third-order valence-electron chi connectivity index (χ3n) is 3.16. The minimum Gasteiger partial charge on any atom is -0.370 e. The summed E-state index contributed by atoms with van der Waals surface area (Å²) in [5.74, 6) is 1.53. The van der Waals surface area contributed by atoms with Crippen molar-refractivity contribution in [2.45, 2.75) is 31.6 Å². The Morgan fingerprint density at radius 1 is 1.56 bits per heavy atom. The second-order valence-corrected chi connectivity index (χ2v) is 5.82. The Bertz CT molecular complexity index is 370. The van der Waals surface area contributed by atoms with Gasteiger partial charge in [-0.25, -0.2) is 4.98 Å². The van der Waals surface area contributed by atoms with Gasteiger partial charge in [0.05, 0.1) is 0 Å². The van der Waals surface area contributed by atoms with Crippen LogP contribution in [0.3, 0.4) is 0 Å². The zero-order chi connectivity index (χ0) is 11.5. The molecule has 1 fully saturated rings. The van der Waals surface area contributed by atoms with Crippen molar-refractivity contribution in [2.75, 3.05) is 11.9 Å². The number of nitrogens with zero attached hydrogens (tertiary/aromatic N) is 1. The smallest absolute Gasteiger partial charge is 0.126 e. The van der Waals surface area contributed by atoms with Gasteiger partial charge in [-0.2, -0.15) is 0 Å². The summed E-state index contributed by atoms with van der Waals surface area (Å²) in [4.78, 5) is 4.32. The molecule has 2 nitrogen and oxygen atoms in total. The minimum atomic E-state index is 0.337. The summed E-state index contributed by atoms with van der Waals surface area (Å²) in [6, 6.07) is 2.06. The van der Waals surface area contributed by atoms with Crippen LogP contribution >= 0.6 is 27.5 Å². The van der Waals surface area contributed by atoms with Crippen LogP contribution in [0.4, 0.5) is 5.82 Å². The number of halogens is 2. The standard InChI is InChI=1S/C12H16BrClN2/c1-8-5-12(16-7-10(8)13)15-6-9-3-2-4-11(9)14/h5,7,9,11H,2-4,6H2,1H3,(H,15,16). The van der Waals surface area contributed by atoms with Gasteiger partial charge in [0, 0.05) is 22.6 Å². The molecule has 2 rings (SSSR count). The van der Waals surface area contributed by atoms with Gasteiger partial charge in [0.1, 0.15) is 5.82 Å². The van der Waals surface area contributed by atoms with Crippen LogP contribution in [0.5, 0.6) is 0 Å². The lowest BCUT2D eigenvalue weighted by molar-refractivity contribution is 0.585. The van der Waals surface area contributed by atoms with Crippen molar-refractivity contribution >= 4 is 33.3 Å². The highest BCUT2D eigenvalue weighted by Crippen LogP contribution is 2.30. The molecule has 16 heavy (non-hydrogen) atoms. The van der Waals surface area contributed by atoms with E-state index in [1.165, 1.54) is 18.4 Å². The lowest BCUT2D eigenvalue weighted by atomic mass is 10.1. The number of nitrogens with one attached hydrogen (secondary N) is 1. The number of hydrogen-bond donors (Lipinski definition) is 1. The topological polar surface area (TPSA) is 24.9 Å². The Hall–Kier alpha value is -0.280. The number of anilines is 1. The van der Waals surface area contributed by atoms with Gasteiger partial charge in [0.25, 0.3) is 0 Å². The molecule has 1 aromatic rings. The summed E-state index contributed by atoms with van der Waals surface area (Å²) < 4.78 is 1.05. The third kappa shape index (κ3) is 2.89. The average molecular weight is 304 g/mol. The number of alkyl halides is 1. The van der Waals surface area contributed by atoms with Crippen LogP contribution in [0.2, 0.25) is 0 Å². The first-order valence-electron chi connectivity index (χ1n) is 5.67. The van der Waals surface area contributed by atoms with Crippen molar-refractivity contribution < 1.29 is 0 Å². The monoisotopic (exact) mass is 302 g/mol. The Kier molecular flexibility index (Phi) is 4.09.